The van der Waals surface area contributed by atoms with Crippen LogP contribution in [-0.4, -0.2) is 49.5 Å². The summed E-state index contributed by atoms with van der Waals surface area (Å²) in [5.74, 6) is 0.286. The van der Waals surface area contributed by atoms with Crippen LogP contribution in [0.3, 0.4) is 0 Å². The second-order valence-electron chi connectivity index (χ2n) is 7.42. The molecule has 1 fully saturated rings. The van der Waals surface area contributed by atoms with Crippen LogP contribution in [0, 0.1) is 0 Å². The maximum absolute atomic E-state index is 13.2. The maximum atomic E-state index is 13.2. The minimum atomic E-state index is -0.417. The molecule has 1 heterocycles. The number of likely N-dealkylation sites (tertiary alicyclic amines) is 1. The third kappa shape index (κ3) is 5.81. The minimum absolute atomic E-state index is 0.0172. The van der Waals surface area contributed by atoms with E-state index in [0.717, 1.165) is 37.2 Å². The van der Waals surface area contributed by atoms with E-state index in [1.807, 2.05) is 30.3 Å². The van der Waals surface area contributed by atoms with Gasteiger partial charge in [-0.2, -0.15) is 0 Å². The topological polar surface area (TPSA) is 75.9 Å². The van der Waals surface area contributed by atoms with Gasteiger partial charge >= 0.3 is 0 Å². The molecule has 0 aromatic heterocycles. The van der Waals surface area contributed by atoms with Gasteiger partial charge in [0.1, 0.15) is 5.75 Å². The normalized spacial score (nSPS) is 16.5. The van der Waals surface area contributed by atoms with Crippen LogP contribution in [-0.2, 0) is 16.0 Å². The molecule has 3 rings (SSSR count). The lowest BCUT2D eigenvalue weighted by atomic mass is 10.0. The van der Waals surface area contributed by atoms with E-state index in [2.05, 4.69) is 29.2 Å². The molecule has 0 aliphatic carbocycles. The molecule has 2 aromatic rings. The summed E-state index contributed by atoms with van der Waals surface area (Å²) in [6.45, 7) is 1.52. The van der Waals surface area contributed by atoms with Gasteiger partial charge in [0.2, 0.25) is 11.8 Å². The van der Waals surface area contributed by atoms with E-state index in [9.17, 15) is 9.59 Å². The van der Waals surface area contributed by atoms with E-state index in [4.69, 9.17) is 10.5 Å². The molecule has 1 atom stereocenters. The van der Waals surface area contributed by atoms with Crippen molar-refractivity contribution in [1.82, 2.24) is 4.90 Å². The molecule has 1 aliphatic heterocycles. The van der Waals surface area contributed by atoms with Crippen LogP contribution >= 0.6 is 0 Å². The zero-order valence-corrected chi connectivity index (χ0v) is 16.9. The molecule has 0 radical (unpaired) electrons. The van der Waals surface area contributed by atoms with E-state index in [1.54, 1.807) is 12.0 Å². The minimum Gasteiger partial charge on any atom is -0.497 e. The number of benzene rings is 2. The Balaban J connectivity index is 1.69. The lowest BCUT2D eigenvalue weighted by Crippen LogP contribution is -2.44. The molecule has 154 valence electrons. The molecular formula is C23H29N3O3. The van der Waals surface area contributed by atoms with E-state index in [0.29, 0.717) is 12.6 Å². The number of nitrogens with zero attached hydrogens (tertiary/aromatic N) is 2. The smallest absolute Gasteiger partial charge is 0.241 e. The number of carbonyl (C=O) groups excluding carboxylic acids is 2. The first-order valence-corrected chi connectivity index (χ1v) is 10.1. The molecule has 2 aromatic carbocycles. The SMILES string of the molecule is COc1ccc(N(CCC(N)=O)C(=O)CN2CCC[C@@H]2Cc2ccccc2)cc1. The average Bonchev–Trinajstić information content (AvgIpc) is 3.15. The van der Waals surface area contributed by atoms with Crippen LogP contribution in [0.2, 0.25) is 0 Å². The van der Waals surface area contributed by atoms with Crippen LogP contribution in [0.4, 0.5) is 5.69 Å². The van der Waals surface area contributed by atoms with E-state index >= 15 is 0 Å². The Morgan fingerprint density at radius 1 is 1.14 bits per heavy atom. The average molecular weight is 396 g/mol. The number of nitrogens with two attached hydrogens (primary N) is 1. The largest absolute Gasteiger partial charge is 0.497 e. The highest BCUT2D eigenvalue weighted by Gasteiger charge is 2.28. The molecule has 1 aliphatic rings. The molecule has 0 bridgehead atoms. The van der Waals surface area contributed by atoms with Gasteiger partial charge in [0.15, 0.2) is 0 Å². The van der Waals surface area contributed by atoms with Crippen LogP contribution in [0.15, 0.2) is 54.6 Å². The monoisotopic (exact) mass is 395 g/mol. The standard InChI is InChI=1S/C23H29N3O3/c1-29-21-11-9-19(10-12-21)26(15-13-22(24)27)23(28)17-25-14-5-8-20(25)16-18-6-3-2-4-7-18/h2-4,6-7,9-12,20H,5,8,13-17H2,1H3,(H2,24,27)/t20-/m1/s1. The molecule has 6 heteroatoms. The number of carbonyl (C=O) groups is 2. The van der Waals surface area contributed by atoms with E-state index < -0.39 is 5.91 Å². The van der Waals surface area contributed by atoms with Crippen molar-refractivity contribution in [3.8, 4) is 5.75 Å². The molecule has 1 saturated heterocycles. The zero-order chi connectivity index (χ0) is 20.6. The van der Waals surface area contributed by atoms with Crippen molar-refractivity contribution in [3.05, 3.63) is 60.2 Å². The Kier molecular flexibility index (Phi) is 7.25. The van der Waals surface area contributed by atoms with Gasteiger partial charge in [-0.25, -0.2) is 0 Å². The quantitative estimate of drug-likeness (QED) is 0.708. The summed E-state index contributed by atoms with van der Waals surface area (Å²) < 4.78 is 5.20. The Labute approximate surface area is 172 Å². The van der Waals surface area contributed by atoms with Gasteiger partial charge < -0.3 is 15.4 Å². The summed E-state index contributed by atoms with van der Waals surface area (Å²) >= 11 is 0. The second kappa shape index (κ2) is 10.1. The molecule has 0 spiro atoms. The van der Waals surface area contributed by atoms with Crippen molar-refractivity contribution in [2.75, 3.05) is 31.6 Å². The van der Waals surface area contributed by atoms with Crippen molar-refractivity contribution in [3.63, 3.8) is 0 Å². The Hall–Kier alpha value is -2.86. The molecular weight excluding hydrogens is 366 g/mol. The first-order valence-electron chi connectivity index (χ1n) is 10.1. The summed E-state index contributed by atoms with van der Waals surface area (Å²) in [6.07, 6.45) is 3.25. The number of rotatable bonds is 9. The van der Waals surface area contributed by atoms with Crippen LogP contribution in [0.5, 0.6) is 5.75 Å². The highest BCUT2D eigenvalue weighted by atomic mass is 16.5. The number of primary amides is 1. The molecule has 29 heavy (non-hydrogen) atoms. The first-order chi connectivity index (χ1) is 14.1. The fourth-order valence-electron chi connectivity index (χ4n) is 3.86. The van der Waals surface area contributed by atoms with Gasteiger partial charge in [-0.1, -0.05) is 30.3 Å². The van der Waals surface area contributed by atoms with Gasteiger partial charge in [0.25, 0.3) is 0 Å². The summed E-state index contributed by atoms with van der Waals surface area (Å²) in [6, 6.07) is 18.0. The maximum Gasteiger partial charge on any atom is 0.241 e. The summed E-state index contributed by atoms with van der Waals surface area (Å²) in [7, 11) is 1.60. The van der Waals surface area contributed by atoms with Gasteiger partial charge in [0, 0.05) is 24.7 Å². The highest BCUT2D eigenvalue weighted by Crippen LogP contribution is 2.23. The van der Waals surface area contributed by atoms with Gasteiger partial charge in [0.05, 0.1) is 13.7 Å². The van der Waals surface area contributed by atoms with Gasteiger partial charge in [-0.3, -0.25) is 14.5 Å². The van der Waals surface area contributed by atoms with Crippen molar-refractivity contribution in [2.45, 2.75) is 31.7 Å². The van der Waals surface area contributed by atoms with Gasteiger partial charge in [-0.05, 0) is 55.6 Å². The van der Waals surface area contributed by atoms with Crippen LogP contribution < -0.4 is 15.4 Å². The van der Waals surface area contributed by atoms with Crippen molar-refractivity contribution >= 4 is 17.5 Å². The van der Waals surface area contributed by atoms with Crippen LogP contribution in [0.1, 0.15) is 24.8 Å². The zero-order valence-electron chi connectivity index (χ0n) is 16.9. The lowest BCUT2D eigenvalue weighted by Gasteiger charge is -2.28. The number of hydrogen-bond donors (Lipinski definition) is 1. The Bertz CT molecular complexity index is 808. The highest BCUT2D eigenvalue weighted by molar-refractivity contribution is 5.95. The fourth-order valence-corrected chi connectivity index (χ4v) is 3.86. The molecule has 0 unspecified atom stereocenters. The fraction of sp³-hybridized carbons (Fsp3) is 0.391. The predicted octanol–water partition coefficient (Wildman–Crippen LogP) is 2.61. The predicted molar refractivity (Wildman–Crippen MR) is 114 cm³/mol. The van der Waals surface area contributed by atoms with E-state index in [-0.39, 0.29) is 18.9 Å². The molecule has 0 saturated carbocycles. The molecule has 2 amide bonds. The third-order valence-corrected chi connectivity index (χ3v) is 5.42. The summed E-state index contributed by atoms with van der Waals surface area (Å²) in [4.78, 5) is 28.4. The summed E-state index contributed by atoms with van der Waals surface area (Å²) in [5.41, 5.74) is 7.36. The number of hydrogen-bond acceptors (Lipinski definition) is 4. The van der Waals surface area contributed by atoms with E-state index in [1.165, 1.54) is 5.56 Å². The second-order valence-corrected chi connectivity index (χ2v) is 7.42. The Morgan fingerprint density at radius 3 is 2.52 bits per heavy atom. The van der Waals surface area contributed by atoms with Crippen LogP contribution in [0.25, 0.3) is 0 Å². The lowest BCUT2D eigenvalue weighted by molar-refractivity contribution is -0.120. The number of ether oxygens (including phenoxy) is 1. The van der Waals surface area contributed by atoms with Gasteiger partial charge in [-0.15, -0.1) is 0 Å². The Morgan fingerprint density at radius 2 is 1.86 bits per heavy atom. The summed E-state index contributed by atoms with van der Waals surface area (Å²) in [5, 5.41) is 0. The number of anilines is 1. The number of amides is 2. The molecule has 6 nitrogen and oxygen atoms in total. The first kappa shape index (κ1) is 20.9. The van der Waals surface area contributed by atoms with Crippen molar-refractivity contribution in [1.29, 1.82) is 0 Å². The number of methoxy groups -OCH3 is 1. The molecule has 2 N–H and O–H groups in total. The van der Waals surface area contributed by atoms with Crippen molar-refractivity contribution in [2.24, 2.45) is 5.73 Å². The third-order valence-electron chi connectivity index (χ3n) is 5.42. The van der Waals surface area contributed by atoms with Crippen molar-refractivity contribution < 1.29 is 14.3 Å².